The number of furan rings is 1. The van der Waals surface area contributed by atoms with Crippen LogP contribution in [0.3, 0.4) is 0 Å². The zero-order valence-electron chi connectivity index (χ0n) is 8.48. The maximum absolute atomic E-state index is 5.67. The molecule has 4 nitrogen and oxygen atoms in total. The van der Waals surface area contributed by atoms with Crippen LogP contribution < -0.4 is 0 Å². The van der Waals surface area contributed by atoms with Crippen molar-refractivity contribution in [2.45, 2.75) is 12.3 Å². The fourth-order valence-corrected chi connectivity index (χ4v) is 2.42. The van der Waals surface area contributed by atoms with Crippen LogP contribution in [-0.2, 0) is 11.2 Å². The third-order valence-electron chi connectivity index (χ3n) is 2.72. The van der Waals surface area contributed by atoms with E-state index in [1.165, 1.54) is 12.0 Å². The van der Waals surface area contributed by atoms with Crippen molar-refractivity contribution in [3.8, 4) is 0 Å². The molecule has 0 N–H and O–H groups in total. The predicted molar refractivity (Wildman–Crippen MR) is 59.3 cm³/mol. The summed E-state index contributed by atoms with van der Waals surface area (Å²) in [5.41, 5.74) is 1.17. The van der Waals surface area contributed by atoms with Gasteiger partial charge in [0.15, 0.2) is 11.1 Å². The molecule has 0 spiro atoms. The lowest BCUT2D eigenvalue weighted by Crippen LogP contribution is -2.06. The number of hydrogen-bond donors (Lipinski definition) is 0. The van der Waals surface area contributed by atoms with Gasteiger partial charge < -0.3 is 13.6 Å². The molecule has 3 heterocycles. The molecular formula is C11H10BrNO3. The third kappa shape index (κ3) is 1.70. The molecule has 0 saturated heterocycles. The van der Waals surface area contributed by atoms with Crippen molar-refractivity contribution in [1.29, 1.82) is 0 Å². The lowest BCUT2D eigenvalue weighted by Gasteiger charge is -2.09. The summed E-state index contributed by atoms with van der Waals surface area (Å²) in [5, 5.41) is 0. The van der Waals surface area contributed by atoms with E-state index in [4.69, 9.17) is 13.6 Å². The highest BCUT2D eigenvalue weighted by atomic mass is 79.9. The van der Waals surface area contributed by atoms with Crippen molar-refractivity contribution in [3.63, 3.8) is 0 Å². The van der Waals surface area contributed by atoms with Gasteiger partial charge in [-0.25, -0.2) is 4.98 Å². The van der Waals surface area contributed by atoms with Crippen LogP contribution in [0.15, 0.2) is 32.2 Å². The first-order valence-electron chi connectivity index (χ1n) is 5.09. The number of fused-ring (bicyclic) bond motifs is 1. The van der Waals surface area contributed by atoms with Crippen molar-refractivity contribution in [3.05, 3.63) is 40.4 Å². The van der Waals surface area contributed by atoms with E-state index in [1.54, 1.807) is 6.20 Å². The Morgan fingerprint density at radius 1 is 1.44 bits per heavy atom. The van der Waals surface area contributed by atoms with E-state index in [2.05, 4.69) is 20.9 Å². The summed E-state index contributed by atoms with van der Waals surface area (Å²) in [6, 6.07) is 1.99. The number of ether oxygens (including phenoxy) is 1. The summed E-state index contributed by atoms with van der Waals surface area (Å²) in [7, 11) is 0. The van der Waals surface area contributed by atoms with Gasteiger partial charge in [0.2, 0.25) is 0 Å². The van der Waals surface area contributed by atoms with Gasteiger partial charge in [-0.2, -0.15) is 0 Å². The fraction of sp³-hybridized carbons (Fsp3) is 0.364. The molecule has 2 aromatic heterocycles. The maximum Gasteiger partial charge on any atom is 0.180 e. The molecule has 0 amide bonds. The van der Waals surface area contributed by atoms with E-state index in [9.17, 15) is 0 Å². The zero-order chi connectivity index (χ0) is 11.0. The number of aromatic nitrogens is 1. The van der Waals surface area contributed by atoms with E-state index >= 15 is 0 Å². The van der Waals surface area contributed by atoms with Crippen molar-refractivity contribution < 1.29 is 13.6 Å². The third-order valence-corrected chi connectivity index (χ3v) is 3.11. The van der Waals surface area contributed by atoms with E-state index in [-0.39, 0.29) is 5.92 Å². The molecule has 1 unspecified atom stereocenters. The molecule has 0 saturated carbocycles. The van der Waals surface area contributed by atoms with Gasteiger partial charge in [-0.15, -0.1) is 0 Å². The molecule has 2 aromatic rings. The van der Waals surface area contributed by atoms with Gasteiger partial charge in [-0.05, 0) is 34.0 Å². The maximum atomic E-state index is 5.67. The SMILES string of the molecule is Brc1cc2c(o1)C(c1cnco1)COCC2. The van der Waals surface area contributed by atoms with Crippen LogP contribution >= 0.6 is 15.9 Å². The second kappa shape index (κ2) is 4.07. The van der Waals surface area contributed by atoms with Crippen LogP contribution in [0.4, 0.5) is 0 Å². The Morgan fingerprint density at radius 2 is 2.38 bits per heavy atom. The lowest BCUT2D eigenvalue weighted by molar-refractivity contribution is 0.128. The van der Waals surface area contributed by atoms with Gasteiger partial charge in [0.1, 0.15) is 17.4 Å². The Bertz CT molecular complexity index is 477. The molecule has 5 heteroatoms. The predicted octanol–water partition coefficient (Wildman–Crippen LogP) is 2.73. The molecule has 1 aliphatic rings. The average Bonchev–Trinajstić information content (AvgIpc) is 2.86. The monoisotopic (exact) mass is 283 g/mol. The summed E-state index contributed by atoms with van der Waals surface area (Å²) >= 11 is 3.35. The molecule has 0 bridgehead atoms. The smallest absolute Gasteiger partial charge is 0.180 e. The Kier molecular flexibility index (Phi) is 2.57. The summed E-state index contributed by atoms with van der Waals surface area (Å²) in [6.45, 7) is 1.28. The van der Waals surface area contributed by atoms with Crippen LogP contribution in [0.25, 0.3) is 0 Å². The first kappa shape index (κ1) is 10.1. The Labute approximate surface area is 101 Å². The fourth-order valence-electron chi connectivity index (χ4n) is 1.97. The van der Waals surface area contributed by atoms with E-state index in [0.717, 1.165) is 22.6 Å². The molecule has 0 fully saturated rings. The molecule has 84 valence electrons. The highest BCUT2D eigenvalue weighted by molar-refractivity contribution is 9.10. The van der Waals surface area contributed by atoms with Gasteiger partial charge in [0.05, 0.1) is 19.4 Å². The van der Waals surface area contributed by atoms with Crippen molar-refractivity contribution in [1.82, 2.24) is 4.98 Å². The largest absolute Gasteiger partial charge is 0.453 e. The van der Waals surface area contributed by atoms with Gasteiger partial charge in [0, 0.05) is 0 Å². The second-order valence-corrected chi connectivity index (χ2v) is 4.50. The summed E-state index contributed by atoms with van der Waals surface area (Å²) in [5.74, 6) is 1.71. The highest BCUT2D eigenvalue weighted by Gasteiger charge is 2.27. The first-order chi connectivity index (χ1) is 7.84. The lowest BCUT2D eigenvalue weighted by atomic mass is 10.0. The number of oxazole rings is 1. The highest BCUT2D eigenvalue weighted by Crippen LogP contribution is 2.34. The molecule has 3 rings (SSSR count). The first-order valence-corrected chi connectivity index (χ1v) is 5.88. The van der Waals surface area contributed by atoms with E-state index in [1.807, 2.05) is 6.07 Å². The van der Waals surface area contributed by atoms with Crippen LogP contribution in [0.2, 0.25) is 0 Å². The number of rotatable bonds is 1. The molecule has 16 heavy (non-hydrogen) atoms. The quantitative estimate of drug-likeness (QED) is 0.808. The van der Waals surface area contributed by atoms with Gasteiger partial charge in [-0.1, -0.05) is 0 Å². The second-order valence-electron chi connectivity index (χ2n) is 3.72. The molecule has 1 aliphatic heterocycles. The Morgan fingerprint density at radius 3 is 3.19 bits per heavy atom. The van der Waals surface area contributed by atoms with Crippen LogP contribution in [0.1, 0.15) is 23.0 Å². The van der Waals surface area contributed by atoms with Crippen molar-refractivity contribution in [2.24, 2.45) is 0 Å². The van der Waals surface area contributed by atoms with E-state index < -0.39 is 0 Å². The Hall–Kier alpha value is -1.07. The standard InChI is InChI=1S/C11H10BrNO3/c12-10-3-7-1-2-14-5-8(11(7)16-10)9-4-13-6-15-9/h3-4,6,8H,1-2,5H2. The van der Waals surface area contributed by atoms with Gasteiger partial charge in [-0.3, -0.25) is 0 Å². The average molecular weight is 284 g/mol. The number of halogens is 1. The molecular weight excluding hydrogens is 274 g/mol. The minimum atomic E-state index is 0.00583. The van der Waals surface area contributed by atoms with Crippen molar-refractivity contribution in [2.75, 3.05) is 13.2 Å². The summed E-state index contributed by atoms with van der Waals surface area (Å²) in [6.07, 6.45) is 4.01. The van der Waals surface area contributed by atoms with Crippen LogP contribution in [0, 0.1) is 0 Å². The zero-order valence-corrected chi connectivity index (χ0v) is 10.1. The number of hydrogen-bond acceptors (Lipinski definition) is 4. The summed E-state index contributed by atoms with van der Waals surface area (Å²) < 4.78 is 17.3. The van der Waals surface area contributed by atoms with Crippen LogP contribution in [0.5, 0.6) is 0 Å². The molecule has 0 aromatic carbocycles. The van der Waals surface area contributed by atoms with Gasteiger partial charge >= 0.3 is 0 Å². The molecule has 0 aliphatic carbocycles. The minimum absolute atomic E-state index is 0.00583. The van der Waals surface area contributed by atoms with E-state index in [0.29, 0.717) is 13.2 Å². The van der Waals surface area contributed by atoms with Gasteiger partial charge in [0.25, 0.3) is 0 Å². The Balaban J connectivity index is 2.05. The normalized spacial score (nSPS) is 20.4. The molecule has 0 radical (unpaired) electrons. The van der Waals surface area contributed by atoms with Crippen molar-refractivity contribution >= 4 is 15.9 Å². The van der Waals surface area contributed by atoms with Crippen LogP contribution in [-0.4, -0.2) is 18.2 Å². The minimum Gasteiger partial charge on any atom is -0.453 e. The topological polar surface area (TPSA) is 48.4 Å². The number of nitrogens with zero attached hydrogens (tertiary/aromatic N) is 1. The molecule has 1 atom stereocenters. The summed E-state index contributed by atoms with van der Waals surface area (Å²) in [4.78, 5) is 3.93.